The fourth-order valence-electron chi connectivity index (χ4n) is 2.97. The summed E-state index contributed by atoms with van der Waals surface area (Å²) in [6.07, 6.45) is 1.79. The van der Waals surface area contributed by atoms with Crippen molar-refractivity contribution in [3.8, 4) is 23.8 Å². The first-order valence-electron chi connectivity index (χ1n) is 7.61. The van der Waals surface area contributed by atoms with E-state index in [4.69, 9.17) is 37.8 Å². The van der Waals surface area contributed by atoms with Crippen molar-refractivity contribution >= 4 is 34.9 Å². The number of nitrogens with two attached hydrogens (primary N) is 2. The molecule has 27 heavy (non-hydrogen) atoms. The second kappa shape index (κ2) is 6.12. The lowest BCUT2D eigenvalue weighted by Crippen LogP contribution is -2.32. The number of fused-ring (bicyclic) bond motifs is 2. The number of ether oxygens (including phenoxy) is 2. The van der Waals surface area contributed by atoms with Gasteiger partial charge in [-0.3, -0.25) is 5.32 Å². The van der Waals surface area contributed by atoms with Crippen LogP contribution in [0.4, 0.5) is 17.3 Å². The topological polar surface area (TPSA) is 167 Å². The first-order valence-corrected chi connectivity index (χ1v) is 7.99. The molecule has 1 unspecified atom stereocenters. The summed E-state index contributed by atoms with van der Waals surface area (Å²) in [6.45, 7) is 0.0601. The summed E-state index contributed by atoms with van der Waals surface area (Å²) in [6, 6.07) is 4.61. The first kappa shape index (κ1) is 16.6. The van der Waals surface area contributed by atoms with Gasteiger partial charge in [0.05, 0.1) is 10.7 Å². The molecule has 0 aliphatic carbocycles. The maximum atomic E-state index is 9.35. The molecule has 11 heteroatoms. The van der Waals surface area contributed by atoms with Crippen LogP contribution in [0, 0.1) is 22.8 Å². The minimum Gasteiger partial charge on any atom is -0.454 e. The number of pyridine rings is 1. The fourth-order valence-corrected chi connectivity index (χ4v) is 3.24. The Balaban J connectivity index is 1.94. The number of aromatic nitrogens is 1. The second-order valence-corrected chi connectivity index (χ2v) is 6.05. The predicted octanol–water partition coefficient (Wildman–Crippen LogP) is 1.44. The largest absolute Gasteiger partial charge is 0.454 e. The SMILES string of the molecule is N#CNC1=NC(c2cc(Cl)c3c(c2)OCO3)c2c(nc(N)c(C#N)c2N)N1. The molecule has 2 aliphatic heterocycles. The van der Waals surface area contributed by atoms with E-state index in [2.05, 4.69) is 20.6 Å². The fraction of sp³-hybridized carbons (Fsp3) is 0.125. The van der Waals surface area contributed by atoms with E-state index in [-0.39, 0.29) is 35.6 Å². The van der Waals surface area contributed by atoms with Gasteiger partial charge in [0.1, 0.15) is 29.3 Å². The first-order chi connectivity index (χ1) is 13.0. The molecule has 0 amide bonds. The molecule has 0 spiro atoms. The molecule has 10 nitrogen and oxygen atoms in total. The molecular formula is C16H11ClN8O2. The minimum absolute atomic E-state index is 0.0260. The quantitative estimate of drug-likeness (QED) is 0.421. The molecule has 0 bridgehead atoms. The highest BCUT2D eigenvalue weighted by Gasteiger charge is 2.31. The summed E-state index contributed by atoms with van der Waals surface area (Å²) in [5.74, 6) is 1.32. The smallest absolute Gasteiger partial charge is 0.231 e. The van der Waals surface area contributed by atoms with Crippen molar-refractivity contribution in [2.75, 3.05) is 23.6 Å². The molecule has 2 aliphatic rings. The summed E-state index contributed by atoms with van der Waals surface area (Å²) in [5.41, 5.74) is 13.3. The van der Waals surface area contributed by atoms with E-state index < -0.39 is 6.04 Å². The van der Waals surface area contributed by atoms with E-state index in [0.717, 1.165) is 0 Å². The molecule has 0 saturated carbocycles. The van der Waals surface area contributed by atoms with Crippen LogP contribution in [0.1, 0.15) is 22.7 Å². The standard InChI is InChI=1S/C16H11ClN8O2/c17-8-1-6(2-9-13(8)27-5-26-9)12-10-11(20)7(3-18)14(21)24-15(10)25-16(23-12)22-4-19/h1-2,12H,5H2,(H6,20,21,22,23,24,25). The van der Waals surface area contributed by atoms with Gasteiger partial charge in [-0.15, -0.1) is 0 Å². The Hall–Kier alpha value is -3.89. The molecule has 134 valence electrons. The number of aliphatic imine (C=N–C) groups is 1. The number of benzene rings is 1. The molecule has 0 saturated heterocycles. The molecule has 0 fully saturated rings. The summed E-state index contributed by atoms with van der Waals surface area (Å²) >= 11 is 6.29. The number of halogens is 1. The van der Waals surface area contributed by atoms with Crippen LogP contribution >= 0.6 is 11.6 Å². The Morgan fingerprint density at radius 3 is 2.85 bits per heavy atom. The van der Waals surface area contributed by atoms with Gasteiger partial charge < -0.3 is 26.3 Å². The molecule has 6 N–H and O–H groups in total. The van der Waals surface area contributed by atoms with Crippen molar-refractivity contribution in [3.63, 3.8) is 0 Å². The zero-order valence-electron chi connectivity index (χ0n) is 13.6. The van der Waals surface area contributed by atoms with Crippen LogP contribution in [-0.4, -0.2) is 17.7 Å². The third kappa shape index (κ3) is 2.56. The Bertz CT molecular complexity index is 1090. The molecule has 1 aromatic carbocycles. The Labute approximate surface area is 158 Å². The average Bonchev–Trinajstić information content (AvgIpc) is 3.10. The summed E-state index contributed by atoms with van der Waals surface area (Å²) < 4.78 is 10.7. The van der Waals surface area contributed by atoms with Gasteiger partial charge in [0.15, 0.2) is 17.7 Å². The zero-order valence-corrected chi connectivity index (χ0v) is 14.3. The van der Waals surface area contributed by atoms with Crippen molar-refractivity contribution < 1.29 is 9.47 Å². The normalized spacial score (nSPS) is 16.4. The Kier molecular flexibility index (Phi) is 3.76. The van der Waals surface area contributed by atoms with Gasteiger partial charge in [-0.2, -0.15) is 10.5 Å². The third-order valence-electron chi connectivity index (χ3n) is 4.12. The summed E-state index contributed by atoms with van der Waals surface area (Å²) in [5, 5.41) is 23.9. The second-order valence-electron chi connectivity index (χ2n) is 5.64. The van der Waals surface area contributed by atoms with E-state index >= 15 is 0 Å². The lowest BCUT2D eigenvalue weighted by molar-refractivity contribution is 0.174. The molecule has 3 heterocycles. The van der Waals surface area contributed by atoms with Crippen LogP contribution in [-0.2, 0) is 0 Å². The lowest BCUT2D eigenvalue weighted by Gasteiger charge is -2.26. The van der Waals surface area contributed by atoms with Crippen molar-refractivity contribution in [2.45, 2.75) is 6.04 Å². The monoisotopic (exact) mass is 382 g/mol. The van der Waals surface area contributed by atoms with Gasteiger partial charge >= 0.3 is 0 Å². The zero-order chi connectivity index (χ0) is 19.1. The molecular weight excluding hydrogens is 372 g/mol. The number of nitrogen functional groups attached to an aromatic ring is 2. The summed E-state index contributed by atoms with van der Waals surface area (Å²) in [7, 11) is 0. The summed E-state index contributed by atoms with van der Waals surface area (Å²) in [4.78, 5) is 8.66. The number of nitriles is 2. The third-order valence-corrected chi connectivity index (χ3v) is 4.40. The highest BCUT2D eigenvalue weighted by atomic mass is 35.5. The maximum absolute atomic E-state index is 9.35. The number of nitrogens with zero attached hydrogens (tertiary/aromatic N) is 4. The molecule has 1 atom stereocenters. The lowest BCUT2D eigenvalue weighted by atomic mass is 9.95. The van der Waals surface area contributed by atoms with E-state index in [1.807, 2.05) is 6.07 Å². The molecule has 4 rings (SSSR count). The number of rotatable bonds is 1. The predicted molar refractivity (Wildman–Crippen MR) is 97.0 cm³/mol. The minimum atomic E-state index is -0.704. The van der Waals surface area contributed by atoms with E-state index in [9.17, 15) is 5.26 Å². The number of anilines is 3. The van der Waals surface area contributed by atoms with E-state index in [1.165, 1.54) is 0 Å². The van der Waals surface area contributed by atoms with Gasteiger partial charge in [-0.05, 0) is 17.7 Å². The van der Waals surface area contributed by atoms with Gasteiger partial charge in [0, 0.05) is 5.56 Å². The van der Waals surface area contributed by atoms with Gasteiger partial charge in [0.25, 0.3) is 0 Å². The average molecular weight is 383 g/mol. The van der Waals surface area contributed by atoms with Crippen LogP contribution in [0.15, 0.2) is 17.1 Å². The maximum Gasteiger partial charge on any atom is 0.231 e. The highest BCUT2D eigenvalue weighted by molar-refractivity contribution is 6.32. The van der Waals surface area contributed by atoms with Gasteiger partial charge in [-0.25, -0.2) is 9.98 Å². The van der Waals surface area contributed by atoms with Crippen LogP contribution in [0.5, 0.6) is 11.5 Å². The van der Waals surface area contributed by atoms with Crippen LogP contribution < -0.4 is 31.6 Å². The highest BCUT2D eigenvalue weighted by Crippen LogP contribution is 2.46. The molecule has 2 aromatic rings. The van der Waals surface area contributed by atoms with E-state index in [1.54, 1.807) is 18.3 Å². The van der Waals surface area contributed by atoms with Gasteiger partial charge in [0.2, 0.25) is 12.8 Å². The van der Waals surface area contributed by atoms with Crippen molar-refractivity contribution in [2.24, 2.45) is 4.99 Å². The van der Waals surface area contributed by atoms with Crippen molar-refractivity contribution in [1.82, 2.24) is 10.3 Å². The van der Waals surface area contributed by atoms with Crippen LogP contribution in [0.3, 0.4) is 0 Å². The molecule has 1 aromatic heterocycles. The van der Waals surface area contributed by atoms with Gasteiger partial charge in [-0.1, -0.05) is 11.6 Å². The Morgan fingerprint density at radius 1 is 1.30 bits per heavy atom. The number of nitrogens with one attached hydrogen (secondary N) is 2. The van der Waals surface area contributed by atoms with E-state index in [0.29, 0.717) is 27.6 Å². The van der Waals surface area contributed by atoms with Crippen LogP contribution in [0.25, 0.3) is 0 Å². The number of hydrogen-bond acceptors (Lipinski definition) is 10. The Morgan fingerprint density at radius 2 is 2.11 bits per heavy atom. The van der Waals surface area contributed by atoms with Crippen molar-refractivity contribution in [3.05, 3.63) is 33.8 Å². The van der Waals surface area contributed by atoms with Crippen molar-refractivity contribution in [1.29, 1.82) is 10.5 Å². The van der Waals surface area contributed by atoms with Crippen LogP contribution in [0.2, 0.25) is 5.02 Å². The molecule has 0 radical (unpaired) electrons. The number of guanidine groups is 1. The number of hydrogen-bond donors (Lipinski definition) is 4.